The second-order valence-electron chi connectivity index (χ2n) is 12.1. The molecule has 45 heavy (non-hydrogen) atoms. The van der Waals surface area contributed by atoms with E-state index in [4.69, 9.17) is 4.74 Å². The zero-order chi connectivity index (χ0) is 31.5. The highest BCUT2D eigenvalue weighted by molar-refractivity contribution is 6.02. The highest BCUT2D eigenvalue weighted by atomic mass is 16.5. The van der Waals surface area contributed by atoms with Gasteiger partial charge in [0.1, 0.15) is 17.9 Å². The minimum Gasteiger partial charge on any atom is -0.494 e. The normalized spacial score (nSPS) is 16.7. The lowest BCUT2D eigenvalue weighted by atomic mass is 10.0. The third-order valence-corrected chi connectivity index (χ3v) is 9.13. The van der Waals surface area contributed by atoms with E-state index in [1.54, 1.807) is 13.4 Å². The first-order valence-corrected chi connectivity index (χ1v) is 15.7. The first kappa shape index (κ1) is 30.5. The fraction of sp³-hybridized carbons (Fsp3) is 0.412. The van der Waals surface area contributed by atoms with Gasteiger partial charge >= 0.3 is 0 Å². The Bertz CT molecular complexity index is 1670. The van der Waals surface area contributed by atoms with Crippen molar-refractivity contribution in [3.63, 3.8) is 0 Å². The van der Waals surface area contributed by atoms with Crippen molar-refractivity contribution in [2.45, 2.75) is 38.8 Å². The van der Waals surface area contributed by atoms with Crippen LogP contribution in [0.5, 0.6) is 5.75 Å². The number of aromatic nitrogens is 4. The van der Waals surface area contributed by atoms with Crippen molar-refractivity contribution in [1.82, 2.24) is 29.5 Å². The Morgan fingerprint density at radius 2 is 1.80 bits per heavy atom. The lowest BCUT2D eigenvalue weighted by molar-refractivity contribution is -0.111. The zero-order valence-corrected chi connectivity index (χ0v) is 26.7. The number of rotatable bonds is 9. The van der Waals surface area contributed by atoms with Crippen molar-refractivity contribution in [2.24, 2.45) is 7.05 Å². The summed E-state index contributed by atoms with van der Waals surface area (Å²) in [6.07, 6.45) is 6.83. The number of hydrogen-bond donors (Lipinski definition) is 2. The lowest BCUT2D eigenvalue weighted by Crippen LogP contribution is -2.54. The van der Waals surface area contributed by atoms with Crippen LogP contribution >= 0.6 is 0 Å². The Hall–Kier alpha value is -4.48. The van der Waals surface area contributed by atoms with E-state index < -0.39 is 0 Å². The quantitative estimate of drug-likeness (QED) is 0.257. The molecular weight excluding hydrogens is 566 g/mol. The molecule has 2 saturated heterocycles. The fourth-order valence-corrected chi connectivity index (χ4v) is 6.52. The molecule has 0 unspecified atom stereocenters. The van der Waals surface area contributed by atoms with Crippen LogP contribution < -0.4 is 20.3 Å². The molecule has 0 spiro atoms. The van der Waals surface area contributed by atoms with Crippen LogP contribution in [0.2, 0.25) is 0 Å². The Kier molecular flexibility index (Phi) is 8.99. The van der Waals surface area contributed by atoms with Crippen molar-refractivity contribution in [3.8, 4) is 17.0 Å². The molecule has 0 aliphatic carbocycles. The summed E-state index contributed by atoms with van der Waals surface area (Å²) >= 11 is 0. The molecule has 2 aromatic carbocycles. The molecule has 2 N–H and O–H groups in total. The molecule has 2 aliphatic rings. The monoisotopic (exact) mass is 609 g/mol. The Labute approximate surface area is 264 Å². The molecule has 236 valence electrons. The number of anilines is 4. The highest BCUT2D eigenvalue weighted by Crippen LogP contribution is 2.40. The van der Waals surface area contributed by atoms with Gasteiger partial charge in [0.25, 0.3) is 0 Å². The molecule has 11 heteroatoms. The topological polar surface area (TPSA) is 104 Å². The number of amides is 1. The number of ether oxygens (including phenoxy) is 1. The van der Waals surface area contributed by atoms with Crippen LogP contribution in [0, 0.1) is 0 Å². The van der Waals surface area contributed by atoms with Crippen LogP contribution in [0.1, 0.15) is 26.7 Å². The molecule has 0 bridgehead atoms. The van der Waals surface area contributed by atoms with Crippen molar-refractivity contribution >= 4 is 39.7 Å². The second-order valence-corrected chi connectivity index (χ2v) is 12.1. The number of piperazine rings is 1. The number of fused-ring (bicyclic) bond motifs is 1. The van der Waals surface area contributed by atoms with Gasteiger partial charge in [0.2, 0.25) is 5.91 Å². The van der Waals surface area contributed by atoms with Gasteiger partial charge in [0.15, 0.2) is 0 Å². The van der Waals surface area contributed by atoms with E-state index in [9.17, 15) is 4.79 Å². The fourth-order valence-electron chi connectivity index (χ4n) is 6.52. The number of benzene rings is 2. The largest absolute Gasteiger partial charge is 0.494 e. The van der Waals surface area contributed by atoms with E-state index in [-0.39, 0.29) is 5.91 Å². The summed E-state index contributed by atoms with van der Waals surface area (Å²) in [6.45, 7) is 14.5. The van der Waals surface area contributed by atoms with Gasteiger partial charge < -0.3 is 20.3 Å². The first-order valence-electron chi connectivity index (χ1n) is 15.7. The maximum Gasteiger partial charge on any atom is 0.247 e. The molecule has 0 radical (unpaired) electrons. The molecule has 6 rings (SSSR count). The number of carbonyl (C=O) groups excluding carboxylic acids is 1. The molecule has 4 heterocycles. The third kappa shape index (κ3) is 6.64. The highest BCUT2D eigenvalue weighted by Gasteiger charge is 2.29. The predicted molar refractivity (Wildman–Crippen MR) is 180 cm³/mol. The van der Waals surface area contributed by atoms with Crippen LogP contribution in [0.4, 0.5) is 22.9 Å². The number of nitrogens with zero attached hydrogens (tertiary/aromatic N) is 7. The maximum atomic E-state index is 12.5. The summed E-state index contributed by atoms with van der Waals surface area (Å²) < 4.78 is 7.71. The molecule has 4 aromatic rings. The first-order chi connectivity index (χ1) is 21.8. The average Bonchev–Trinajstić information content (AvgIpc) is 3.44. The van der Waals surface area contributed by atoms with E-state index in [1.807, 2.05) is 48.3 Å². The van der Waals surface area contributed by atoms with Crippen molar-refractivity contribution in [3.05, 3.63) is 61.6 Å². The smallest absolute Gasteiger partial charge is 0.247 e. The summed E-state index contributed by atoms with van der Waals surface area (Å²) in [5.74, 6) is 1.00. The summed E-state index contributed by atoms with van der Waals surface area (Å²) in [5.41, 5.74) is 5.12. The Morgan fingerprint density at radius 1 is 1.02 bits per heavy atom. The number of methoxy groups -OCH3 is 1. The van der Waals surface area contributed by atoms with Gasteiger partial charge in [0, 0.05) is 81.5 Å². The predicted octanol–water partition coefficient (Wildman–Crippen LogP) is 4.90. The molecule has 0 saturated carbocycles. The van der Waals surface area contributed by atoms with Gasteiger partial charge in [-0.2, -0.15) is 5.10 Å². The van der Waals surface area contributed by atoms with Crippen molar-refractivity contribution in [1.29, 1.82) is 0 Å². The van der Waals surface area contributed by atoms with Crippen molar-refractivity contribution < 1.29 is 9.53 Å². The van der Waals surface area contributed by atoms with Gasteiger partial charge in [-0.1, -0.05) is 12.6 Å². The van der Waals surface area contributed by atoms with E-state index in [0.29, 0.717) is 35.0 Å². The number of piperidine rings is 1. The number of nitrogens with one attached hydrogen (secondary N) is 2. The minimum absolute atomic E-state index is 0.264. The number of hydrogen-bond acceptors (Lipinski definition) is 9. The van der Waals surface area contributed by atoms with Gasteiger partial charge in [-0.3, -0.25) is 19.3 Å². The number of carbonyl (C=O) groups is 1. The van der Waals surface area contributed by atoms with Gasteiger partial charge in [-0.15, -0.1) is 0 Å². The van der Waals surface area contributed by atoms with Gasteiger partial charge in [-0.25, -0.2) is 9.97 Å². The van der Waals surface area contributed by atoms with Crippen LogP contribution in [0.3, 0.4) is 0 Å². The summed E-state index contributed by atoms with van der Waals surface area (Å²) in [7, 11) is 3.58. The van der Waals surface area contributed by atoms with Gasteiger partial charge in [0.05, 0.1) is 41.6 Å². The minimum atomic E-state index is -0.264. The second kappa shape index (κ2) is 13.3. The van der Waals surface area contributed by atoms with Crippen LogP contribution in [-0.2, 0) is 11.8 Å². The summed E-state index contributed by atoms with van der Waals surface area (Å²) in [6, 6.07) is 13.1. The van der Waals surface area contributed by atoms with Crippen LogP contribution in [0.25, 0.3) is 22.2 Å². The molecule has 0 atom stereocenters. The Balaban J connectivity index is 1.21. The maximum absolute atomic E-state index is 12.5. The van der Waals surface area contributed by atoms with Gasteiger partial charge in [-0.05, 0) is 51.0 Å². The molecule has 11 nitrogen and oxygen atoms in total. The molecule has 2 aromatic heterocycles. The Morgan fingerprint density at radius 3 is 2.51 bits per heavy atom. The average molecular weight is 610 g/mol. The molecular formula is C34H43N9O2. The van der Waals surface area contributed by atoms with Crippen molar-refractivity contribution in [2.75, 3.05) is 61.9 Å². The number of aryl methyl sites for hydroxylation is 1. The summed E-state index contributed by atoms with van der Waals surface area (Å²) in [5, 5.41) is 11.8. The van der Waals surface area contributed by atoms with Crippen LogP contribution in [-0.4, -0.2) is 93.9 Å². The third-order valence-electron chi connectivity index (χ3n) is 9.13. The SMILES string of the molecule is C=CC(=O)Nc1cc(Nc2cc(-c3ccc4c(cnn4C)c3)ncn2)c(OC)cc1N1CCC(N2CCN(C(C)C)CC2)CC1. The molecule has 2 aliphatic heterocycles. The standard InChI is InChI=1S/C34H43N9O2/c1-6-34(44)39-28-18-29(38-33-19-27(35-22-36-33)24-7-8-30-25(17-24)21-37-40(30)4)32(45-5)20-31(28)43-11-9-26(10-12-43)42-15-13-41(14-16-42)23(2)3/h6-8,17-23,26H,1,9-16H2,2-5H3,(H,39,44)(H,35,36,38). The van der Waals surface area contributed by atoms with Crippen LogP contribution in [0.15, 0.2) is 61.6 Å². The molecule has 1 amide bonds. The van der Waals surface area contributed by atoms with E-state index in [2.05, 4.69) is 66.9 Å². The summed E-state index contributed by atoms with van der Waals surface area (Å²) in [4.78, 5) is 29.1. The zero-order valence-electron chi connectivity index (χ0n) is 26.7. The van der Waals surface area contributed by atoms with E-state index >= 15 is 0 Å². The van der Waals surface area contributed by atoms with E-state index in [0.717, 1.165) is 80.0 Å². The lowest BCUT2D eigenvalue weighted by Gasteiger charge is -2.44. The van der Waals surface area contributed by atoms with E-state index in [1.165, 1.54) is 6.08 Å². The molecule has 2 fully saturated rings.